The van der Waals surface area contributed by atoms with Gasteiger partial charge in [-0.05, 0) is 57.6 Å². The Hall–Kier alpha value is -2.33. The summed E-state index contributed by atoms with van der Waals surface area (Å²) in [4.78, 5) is 0. The number of aryl methyl sites for hydroxylation is 1. The number of rotatable bonds is 1. The number of aliphatic hydroxyl groups excluding tert-OH is 1. The van der Waals surface area contributed by atoms with E-state index in [2.05, 4.69) is 0 Å². The Kier molecular flexibility index (Phi) is 3.90. The van der Waals surface area contributed by atoms with Crippen molar-refractivity contribution < 1.29 is 18.3 Å². The summed E-state index contributed by atoms with van der Waals surface area (Å²) < 4.78 is 39.9. The molecule has 0 spiro atoms. The second kappa shape index (κ2) is 5.83. The number of alkyl halides is 3. The molecule has 0 heterocycles. The van der Waals surface area contributed by atoms with Crippen LogP contribution < -0.4 is 0 Å². The van der Waals surface area contributed by atoms with E-state index in [1.165, 1.54) is 12.1 Å². The van der Waals surface area contributed by atoms with Gasteiger partial charge in [-0.3, -0.25) is 0 Å². The monoisotopic (exact) mass is 370 g/mol. The Balaban J connectivity index is 2.11. The van der Waals surface area contributed by atoms with E-state index in [1.807, 2.05) is 45.0 Å². The number of hydrogen-bond acceptors (Lipinski definition) is 1. The zero-order chi connectivity index (χ0) is 19.6. The second-order valence-electron chi connectivity index (χ2n) is 7.92. The van der Waals surface area contributed by atoms with E-state index < -0.39 is 23.3 Å². The molecule has 1 nitrogen and oxygen atoms in total. The smallest absolute Gasteiger partial charge is 0.392 e. The third-order valence-electron chi connectivity index (χ3n) is 5.94. The van der Waals surface area contributed by atoms with Gasteiger partial charge in [-0.1, -0.05) is 50.2 Å². The summed E-state index contributed by atoms with van der Waals surface area (Å²) >= 11 is 0. The molecule has 1 N–H and O–H groups in total. The fraction of sp³-hybridized carbons (Fsp3) is 0.304. The summed E-state index contributed by atoms with van der Waals surface area (Å²) in [7, 11) is 0. The first kappa shape index (κ1) is 18.1. The average molecular weight is 370 g/mol. The highest BCUT2D eigenvalue weighted by Crippen LogP contribution is 2.49. The molecule has 3 aromatic carbocycles. The van der Waals surface area contributed by atoms with Gasteiger partial charge in [0.1, 0.15) is 0 Å². The Morgan fingerprint density at radius 1 is 1.00 bits per heavy atom. The molecule has 1 aliphatic carbocycles. The molecule has 1 atom stereocenters. The van der Waals surface area contributed by atoms with E-state index in [1.54, 1.807) is 6.07 Å². The number of aliphatic hydroxyl groups is 1. The third kappa shape index (κ3) is 2.66. The Labute approximate surface area is 156 Å². The van der Waals surface area contributed by atoms with Gasteiger partial charge >= 0.3 is 6.18 Å². The van der Waals surface area contributed by atoms with Gasteiger partial charge in [0.15, 0.2) is 0 Å². The summed E-state index contributed by atoms with van der Waals surface area (Å²) in [5.74, 6) is 0. The molecule has 0 radical (unpaired) electrons. The van der Waals surface area contributed by atoms with E-state index in [4.69, 9.17) is 0 Å². The summed E-state index contributed by atoms with van der Waals surface area (Å²) in [5.41, 5.74) is 3.13. The van der Waals surface area contributed by atoms with Crippen molar-refractivity contribution >= 4 is 10.8 Å². The molecule has 0 bridgehead atoms. The van der Waals surface area contributed by atoms with Crippen LogP contribution in [0.15, 0.2) is 48.5 Å². The lowest BCUT2D eigenvalue weighted by molar-refractivity contribution is -0.137. The van der Waals surface area contributed by atoms with Gasteiger partial charge in [-0.25, -0.2) is 0 Å². The number of hydrogen-bond donors (Lipinski definition) is 1. The standard InChI is InChI=1S/C23H21F3O/c1-13-16-9-4-5-10-17(16)18-12-19(27)22(2,3)21(18)20(13)14-7-6-8-15(11-14)23(24,25)26/h4-11,19,27H,12H2,1-3H3/t19-/m0/s1. The first-order chi connectivity index (χ1) is 12.6. The molecular weight excluding hydrogens is 349 g/mol. The highest BCUT2D eigenvalue weighted by atomic mass is 19.4. The summed E-state index contributed by atoms with van der Waals surface area (Å²) in [6.45, 7) is 5.89. The van der Waals surface area contributed by atoms with Crippen LogP contribution in [0.4, 0.5) is 13.2 Å². The first-order valence-electron chi connectivity index (χ1n) is 9.02. The lowest BCUT2D eigenvalue weighted by atomic mass is 9.77. The van der Waals surface area contributed by atoms with Crippen molar-refractivity contribution in [3.05, 3.63) is 70.8 Å². The van der Waals surface area contributed by atoms with Gasteiger partial charge in [0.05, 0.1) is 11.7 Å². The van der Waals surface area contributed by atoms with E-state index in [9.17, 15) is 18.3 Å². The summed E-state index contributed by atoms with van der Waals surface area (Å²) in [6, 6.07) is 13.4. The van der Waals surface area contributed by atoms with Crippen molar-refractivity contribution in [2.75, 3.05) is 0 Å². The minimum Gasteiger partial charge on any atom is -0.392 e. The van der Waals surface area contributed by atoms with E-state index in [0.29, 0.717) is 12.0 Å². The molecule has 0 aromatic heterocycles. The highest BCUT2D eigenvalue weighted by molar-refractivity contribution is 5.97. The SMILES string of the molecule is Cc1c(-c2cccc(C(F)(F)F)c2)c2c(c3ccccc13)C[C@H](O)C2(C)C. The van der Waals surface area contributed by atoms with Crippen molar-refractivity contribution in [1.29, 1.82) is 0 Å². The van der Waals surface area contributed by atoms with Crippen LogP contribution in [0.25, 0.3) is 21.9 Å². The molecule has 4 heteroatoms. The number of fused-ring (bicyclic) bond motifs is 3. The fourth-order valence-corrected chi connectivity index (χ4v) is 4.43. The van der Waals surface area contributed by atoms with E-state index in [0.717, 1.165) is 39.1 Å². The second-order valence-corrected chi connectivity index (χ2v) is 7.92. The maximum absolute atomic E-state index is 13.3. The van der Waals surface area contributed by atoms with Crippen molar-refractivity contribution in [2.45, 2.75) is 44.9 Å². The van der Waals surface area contributed by atoms with Crippen molar-refractivity contribution in [3.8, 4) is 11.1 Å². The largest absolute Gasteiger partial charge is 0.416 e. The number of halogens is 3. The lowest BCUT2D eigenvalue weighted by Gasteiger charge is -2.28. The topological polar surface area (TPSA) is 20.2 Å². The van der Waals surface area contributed by atoms with Crippen molar-refractivity contribution in [2.24, 2.45) is 0 Å². The Morgan fingerprint density at radius 3 is 2.33 bits per heavy atom. The Bertz CT molecular complexity index is 1050. The number of benzene rings is 3. The molecule has 3 aromatic rings. The van der Waals surface area contributed by atoms with Gasteiger partial charge < -0.3 is 5.11 Å². The van der Waals surface area contributed by atoms with Crippen molar-refractivity contribution in [3.63, 3.8) is 0 Å². The maximum atomic E-state index is 13.3. The van der Waals surface area contributed by atoms with Gasteiger partial charge in [-0.15, -0.1) is 0 Å². The predicted octanol–water partition coefficient (Wildman–Crippen LogP) is 6.03. The molecule has 0 unspecified atom stereocenters. The zero-order valence-corrected chi connectivity index (χ0v) is 15.5. The van der Waals surface area contributed by atoms with E-state index >= 15 is 0 Å². The van der Waals surface area contributed by atoms with E-state index in [-0.39, 0.29) is 0 Å². The molecule has 4 rings (SSSR count). The summed E-state index contributed by atoms with van der Waals surface area (Å²) in [5, 5.41) is 12.8. The predicted molar refractivity (Wildman–Crippen MR) is 102 cm³/mol. The van der Waals surface area contributed by atoms with Crippen LogP contribution in [0.3, 0.4) is 0 Å². The molecule has 0 amide bonds. The van der Waals surface area contributed by atoms with Crippen LogP contribution in [0.1, 0.15) is 36.1 Å². The van der Waals surface area contributed by atoms with Crippen LogP contribution in [-0.2, 0) is 18.0 Å². The molecule has 0 fully saturated rings. The molecule has 0 aliphatic heterocycles. The van der Waals surface area contributed by atoms with Gasteiger partial charge in [0.2, 0.25) is 0 Å². The molecule has 0 saturated carbocycles. The minimum absolute atomic E-state index is 0.509. The highest BCUT2D eigenvalue weighted by Gasteiger charge is 2.42. The quantitative estimate of drug-likeness (QED) is 0.555. The van der Waals surface area contributed by atoms with Crippen molar-refractivity contribution in [1.82, 2.24) is 0 Å². The van der Waals surface area contributed by atoms with Crippen LogP contribution in [0.2, 0.25) is 0 Å². The summed E-state index contributed by atoms with van der Waals surface area (Å²) in [6.07, 6.45) is -4.45. The van der Waals surface area contributed by atoms with Gasteiger partial charge in [-0.2, -0.15) is 13.2 Å². The van der Waals surface area contributed by atoms with Gasteiger partial charge in [0.25, 0.3) is 0 Å². The van der Waals surface area contributed by atoms with Gasteiger partial charge in [0, 0.05) is 11.8 Å². The lowest BCUT2D eigenvalue weighted by Crippen LogP contribution is -2.29. The minimum atomic E-state index is -4.39. The normalized spacial score (nSPS) is 18.7. The third-order valence-corrected chi connectivity index (χ3v) is 5.94. The van der Waals surface area contributed by atoms with Crippen LogP contribution in [0.5, 0.6) is 0 Å². The Morgan fingerprint density at radius 2 is 1.67 bits per heavy atom. The molecule has 27 heavy (non-hydrogen) atoms. The fourth-order valence-electron chi connectivity index (χ4n) is 4.43. The van der Waals surface area contributed by atoms with Crippen LogP contribution in [0, 0.1) is 6.92 Å². The maximum Gasteiger partial charge on any atom is 0.416 e. The average Bonchev–Trinajstić information content (AvgIpc) is 2.85. The molecular formula is C23H21F3O. The zero-order valence-electron chi connectivity index (χ0n) is 15.5. The molecule has 0 saturated heterocycles. The molecule has 140 valence electrons. The van der Waals surface area contributed by atoms with Crippen LogP contribution in [-0.4, -0.2) is 11.2 Å². The first-order valence-corrected chi connectivity index (χ1v) is 9.02. The van der Waals surface area contributed by atoms with Crippen LogP contribution >= 0.6 is 0 Å². The molecule has 1 aliphatic rings.